The highest BCUT2D eigenvalue weighted by Gasteiger charge is 2.51. The van der Waals surface area contributed by atoms with E-state index in [1.54, 1.807) is 4.68 Å². The molecule has 2 heterocycles. The van der Waals surface area contributed by atoms with Crippen molar-refractivity contribution in [2.45, 2.75) is 40.2 Å². The molecule has 2 aromatic rings. The molecule has 0 saturated heterocycles. The third-order valence-corrected chi connectivity index (χ3v) is 5.67. The van der Waals surface area contributed by atoms with Gasteiger partial charge in [-0.2, -0.15) is 0 Å². The minimum atomic E-state index is -0.267. The van der Waals surface area contributed by atoms with Gasteiger partial charge in [0.15, 0.2) is 11.2 Å². The lowest BCUT2D eigenvalue weighted by Crippen LogP contribution is -2.38. The zero-order chi connectivity index (χ0) is 15.3. The van der Waals surface area contributed by atoms with Crippen LogP contribution in [0, 0.1) is 16.7 Å². The fraction of sp³-hybridized carbons (Fsp3) is 0.714. The van der Waals surface area contributed by atoms with Crippen molar-refractivity contribution in [2.75, 3.05) is 6.61 Å². The Morgan fingerprint density at radius 3 is 2.90 bits per heavy atom. The van der Waals surface area contributed by atoms with Crippen LogP contribution in [0.4, 0.5) is 0 Å². The van der Waals surface area contributed by atoms with Crippen molar-refractivity contribution >= 4 is 11.2 Å². The number of aromatic amines is 1. The first-order valence-corrected chi connectivity index (χ1v) is 7.27. The molecule has 2 atom stereocenters. The highest BCUT2D eigenvalue weighted by atomic mass is 16.3. The van der Waals surface area contributed by atoms with Gasteiger partial charge < -0.3 is 10.1 Å². The summed E-state index contributed by atoms with van der Waals surface area (Å²) >= 11 is 0. The van der Waals surface area contributed by atoms with Crippen LogP contribution in [0.2, 0.25) is 0 Å². The fourth-order valence-corrected chi connectivity index (χ4v) is 3.41. The van der Waals surface area contributed by atoms with Gasteiger partial charge in [0, 0.05) is 13.2 Å². The molecule has 21 heavy (non-hydrogen) atoms. The second-order valence-electron chi connectivity index (χ2n) is 6.85. The number of nitrogens with zero attached hydrogens (tertiary/aromatic N) is 4. The van der Waals surface area contributed by atoms with Crippen LogP contribution in [-0.4, -0.2) is 36.7 Å². The van der Waals surface area contributed by atoms with Crippen LogP contribution < -0.4 is 5.56 Å². The molecule has 3 rings (SSSR count). The summed E-state index contributed by atoms with van der Waals surface area (Å²) in [4.78, 5) is 18.3. The molecular weight excluding hydrogens is 270 g/mol. The summed E-state index contributed by atoms with van der Waals surface area (Å²) in [5.74, 6) is 0.362. The molecule has 1 aliphatic rings. The second kappa shape index (κ2) is 4.62. The number of H-pyrrole nitrogens is 1. The van der Waals surface area contributed by atoms with Crippen molar-refractivity contribution in [3.05, 3.63) is 16.7 Å². The first kappa shape index (κ1) is 14.2. The number of hydrogen-bond donors (Lipinski definition) is 2. The summed E-state index contributed by atoms with van der Waals surface area (Å²) in [7, 11) is 0. The van der Waals surface area contributed by atoms with Gasteiger partial charge in [-0.25, -0.2) is 9.67 Å². The minimum absolute atomic E-state index is 0.0127. The van der Waals surface area contributed by atoms with Gasteiger partial charge >= 0.3 is 0 Å². The average Bonchev–Trinajstić information content (AvgIpc) is 2.95. The SMILES string of the molecule is CC1(CO)CCC(Cn2nnc3c(=O)[nH]cnc32)C1(C)C. The van der Waals surface area contributed by atoms with E-state index < -0.39 is 0 Å². The van der Waals surface area contributed by atoms with Gasteiger partial charge in [-0.1, -0.05) is 26.0 Å². The van der Waals surface area contributed by atoms with E-state index in [2.05, 4.69) is 41.1 Å². The summed E-state index contributed by atoms with van der Waals surface area (Å²) < 4.78 is 1.71. The number of nitrogens with one attached hydrogen (secondary N) is 1. The molecule has 1 fully saturated rings. The van der Waals surface area contributed by atoms with Crippen molar-refractivity contribution in [1.29, 1.82) is 0 Å². The largest absolute Gasteiger partial charge is 0.396 e. The Labute approximate surface area is 122 Å². The van der Waals surface area contributed by atoms with Gasteiger partial charge in [-0.3, -0.25) is 4.79 Å². The van der Waals surface area contributed by atoms with Crippen molar-refractivity contribution in [2.24, 2.45) is 16.7 Å². The molecule has 2 aromatic heterocycles. The van der Waals surface area contributed by atoms with Crippen LogP contribution in [0.15, 0.2) is 11.1 Å². The van der Waals surface area contributed by atoms with E-state index in [0.29, 0.717) is 18.1 Å². The Morgan fingerprint density at radius 2 is 2.24 bits per heavy atom. The van der Waals surface area contributed by atoms with Gasteiger partial charge in [0.25, 0.3) is 5.56 Å². The number of fused-ring (bicyclic) bond motifs is 1. The average molecular weight is 291 g/mol. The molecule has 114 valence electrons. The van der Waals surface area contributed by atoms with Crippen LogP contribution in [0.1, 0.15) is 33.6 Å². The molecule has 7 nitrogen and oxygen atoms in total. The van der Waals surface area contributed by atoms with E-state index in [9.17, 15) is 9.90 Å². The molecule has 0 radical (unpaired) electrons. The third kappa shape index (κ3) is 1.98. The first-order valence-electron chi connectivity index (χ1n) is 7.27. The van der Waals surface area contributed by atoms with E-state index in [1.807, 2.05) is 0 Å². The Balaban J connectivity index is 1.93. The lowest BCUT2D eigenvalue weighted by atomic mass is 9.66. The smallest absolute Gasteiger partial charge is 0.280 e. The highest BCUT2D eigenvalue weighted by molar-refractivity contribution is 5.67. The fourth-order valence-electron chi connectivity index (χ4n) is 3.41. The quantitative estimate of drug-likeness (QED) is 0.877. The van der Waals surface area contributed by atoms with Crippen LogP contribution >= 0.6 is 0 Å². The summed E-state index contributed by atoms with van der Waals surface area (Å²) in [6.07, 6.45) is 3.39. The van der Waals surface area contributed by atoms with Gasteiger partial charge in [-0.15, -0.1) is 5.10 Å². The predicted octanol–water partition coefficient (Wildman–Crippen LogP) is 0.949. The number of aromatic nitrogens is 5. The Kier molecular flexibility index (Phi) is 3.12. The van der Waals surface area contributed by atoms with Crippen LogP contribution in [0.3, 0.4) is 0 Å². The van der Waals surface area contributed by atoms with Crippen molar-refractivity contribution in [3.8, 4) is 0 Å². The summed E-state index contributed by atoms with van der Waals surface area (Å²) in [6.45, 7) is 7.37. The standard InChI is InChI=1S/C14H21N5O2/c1-13(2)9(4-5-14(13,3)7-20)6-19-11-10(17-18-19)12(21)16-8-15-11/h8-9,20H,4-7H2,1-3H3,(H,15,16,21). The van der Waals surface area contributed by atoms with Gasteiger partial charge in [0.1, 0.15) is 0 Å². The van der Waals surface area contributed by atoms with Crippen molar-refractivity contribution < 1.29 is 5.11 Å². The number of aliphatic hydroxyl groups is 1. The molecule has 2 N–H and O–H groups in total. The summed E-state index contributed by atoms with van der Waals surface area (Å²) in [5.41, 5.74) is 0.433. The molecule has 0 bridgehead atoms. The molecule has 0 spiro atoms. The van der Waals surface area contributed by atoms with E-state index in [1.165, 1.54) is 6.33 Å². The maximum atomic E-state index is 11.7. The maximum absolute atomic E-state index is 11.7. The number of hydrogen-bond acceptors (Lipinski definition) is 5. The number of aliphatic hydroxyl groups excluding tert-OH is 1. The number of rotatable bonds is 3. The summed E-state index contributed by atoms with van der Waals surface area (Å²) in [6, 6.07) is 0. The molecule has 2 unspecified atom stereocenters. The van der Waals surface area contributed by atoms with Crippen LogP contribution in [-0.2, 0) is 6.54 Å². The predicted molar refractivity (Wildman–Crippen MR) is 77.6 cm³/mol. The van der Waals surface area contributed by atoms with E-state index >= 15 is 0 Å². The molecule has 0 aliphatic heterocycles. The van der Waals surface area contributed by atoms with Gasteiger partial charge in [-0.05, 0) is 29.6 Å². The molecule has 1 aliphatic carbocycles. The molecule has 0 aromatic carbocycles. The molecular formula is C14H21N5O2. The Hall–Kier alpha value is -1.76. The second-order valence-corrected chi connectivity index (χ2v) is 6.85. The van der Waals surface area contributed by atoms with Crippen LogP contribution in [0.25, 0.3) is 11.2 Å². The normalized spacial score (nSPS) is 28.3. The van der Waals surface area contributed by atoms with Crippen LogP contribution in [0.5, 0.6) is 0 Å². The van der Waals surface area contributed by atoms with Gasteiger partial charge in [0.2, 0.25) is 0 Å². The maximum Gasteiger partial charge on any atom is 0.280 e. The van der Waals surface area contributed by atoms with Crippen molar-refractivity contribution in [1.82, 2.24) is 25.0 Å². The Morgan fingerprint density at radius 1 is 1.48 bits per heavy atom. The monoisotopic (exact) mass is 291 g/mol. The molecule has 1 saturated carbocycles. The first-order chi connectivity index (χ1) is 9.89. The zero-order valence-electron chi connectivity index (χ0n) is 12.6. The van der Waals surface area contributed by atoms with E-state index in [-0.39, 0.29) is 28.5 Å². The Bertz CT molecular complexity index is 719. The third-order valence-electron chi connectivity index (χ3n) is 5.67. The topological polar surface area (TPSA) is 96.7 Å². The highest BCUT2D eigenvalue weighted by Crippen LogP contribution is 2.56. The zero-order valence-corrected chi connectivity index (χ0v) is 12.6. The van der Waals surface area contributed by atoms with E-state index in [4.69, 9.17) is 0 Å². The van der Waals surface area contributed by atoms with E-state index in [0.717, 1.165) is 12.8 Å². The molecule has 0 amide bonds. The van der Waals surface area contributed by atoms with Gasteiger partial charge in [0.05, 0.1) is 6.33 Å². The molecule has 7 heteroatoms. The van der Waals surface area contributed by atoms with Crippen molar-refractivity contribution in [3.63, 3.8) is 0 Å². The lowest BCUT2D eigenvalue weighted by molar-refractivity contribution is 0.0209. The summed E-state index contributed by atoms with van der Waals surface area (Å²) in [5, 5.41) is 17.7. The minimum Gasteiger partial charge on any atom is -0.396 e. The lowest BCUT2D eigenvalue weighted by Gasteiger charge is -2.40.